The lowest BCUT2D eigenvalue weighted by Crippen LogP contribution is -2.51. The highest BCUT2D eigenvalue weighted by Crippen LogP contribution is 2.65. The minimum Gasteiger partial charge on any atom is -0.507 e. The molecule has 0 aromatic heterocycles. The van der Waals surface area contributed by atoms with Gasteiger partial charge in [-0.25, -0.2) is 0 Å². The van der Waals surface area contributed by atoms with Gasteiger partial charge in [0.2, 0.25) is 5.78 Å². The molecule has 1 N–H and O–H groups in total. The van der Waals surface area contributed by atoms with Crippen molar-refractivity contribution in [1.29, 1.82) is 0 Å². The third-order valence-electron chi connectivity index (χ3n) is 11.2. The molecule has 6 unspecified atom stereocenters. The average Bonchev–Trinajstić information content (AvgIpc) is 3.36. The first-order valence-corrected chi connectivity index (χ1v) is 16.0. The molecule has 3 fully saturated rings. The summed E-state index contributed by atoms with van der Waals surface area (Å²) < 4.78 is 16.0. The highest BCUT2D eigenvalue weighted by molar-refractivity contribution is 6.12. The summed E-state index contributed by atoms with van der Waals surface area (Å²) in [5.41, 5.74) is 2.45. The lowest BCUT2D eigenvalue weighted by atomic mass is 9.47. The van der Waals surface area contributed by atoms with Gasteiger partial charge < -0.3 is 19.3 Å². The SMILES string of the molecule is CCC(=O)OC1CCC2C3CCC4=CC(=O)CCC4(C)C3CCC12C.COc1cc(O)c(C(=O)c2ccccc2)c(OC)c1. The summed E-state index contributed by atoms with van der Waals surface area (Å²) in [6.07, 6.45) is 11.3. The van der Waals surface area contributed by atoms with Crippen molar-refractivity contribution in [3.63, 3.8) is 0 Å². The van der Waals surface area contributed by atoms with Gasteiger partial charge in [-0.15, -0.1) is 0 Å². The van der Waals surface area contributed by atoms with Crippen molar-refractivity contribution >= 4 is 17.5 Å². The number of hydrogen-bond donors (Lipinski definition) is 1. The van der Waals surface area contributed by atoms with E-state index < -0.39 is 0 Å². The van der Waals surface area contributed by atoms with E-state index in [0.29, 0.717) is 35.4 Å². The Hall–Kier alpha value is -3.61. The van der Waals surface area contributed by atoms with Crippen LogP contribution < -0.4 is 9.47 Å². The maximum absolute atomic E-state index is 12.4. The number of esters is 1. The van der Waals surface area contributed by atoms with Gasteiger partial charge in [0.05, 0.1) is 14.2 Å². The van der Waals surface area contributed by atoms with Crippen LogP contribution in [-0.4, -0.2) is 43.0 Å². The number of ketones is 2. The molecule has 0 amide bonds. The van der Waals surface area contributed by atoms with Crippen LogP contribution in [0.1, 0.15) is 94.5 Å². The number of rotatable bonds is 6. The summed E-state index contributed by atoms with van der Waals surface area (Å²) in [7, 11) is 2.92. The van der Waals surface area contributed by atoms with E-state index in [2.05, 4.69) is 13.8 Å². The first-order valence-electron chi connectivity index (χ1n) is 16.0. The van der Waals surface area contributed by atoms with Gasteiger partial charge in [-0.3, -0.25) is 14.4 Å². The van der Waals surface area contributed by atoms with Crippen molar-refractivity contribution in [3.8, 4) is 17.2 Å². The van der Waals surface area contributed by atoms with Gasteiger partial charge in [0.1, 0.15) is 28.9 Å². The van der Waals surface area contributed by atoms with Gasteiger partial charge in [-0.05, 0) is 74.2 Å². The molecule has 44 heavy (non-hydrogen) atoms. The quantitative estimate of drug-likeness (QED) is 0.270. The summed E-state index contributed by atoms with van der Waals surface area (Å²) in [5, 5.41) is 9.99. The number of methoxy groups -OCH3 is 2. The minimum absolute atomic E-state index is 0.0411. The predicted molar refractivity (Wildman–Crippen MR) is 168 cm³/mol. The number of ether oxygens (including phenoxy) is 3. The molecule has 3 saturated carbocycles. The fourth-order valence-electron chi connectivity index (χ4n) is 8.76. The van der Waals surface area contributed by atoms with E-state index in [1.54, 1.807) is 30.3 Å². The van der Waals surface area contributed by atoms with Crippen molar-refractivity contribution in [2.24, 2.45) is 28.6 Å². The first kappa shape index (κ1) is 31.8. The summed E-state index contributed by atoms with van der Waals surface area (Å²) in [6.45, 7) is 6.69. The number of carbonyl (C=O) groups excluding carboxylic acids is 3. The van der Waals surface area contributed by atoms with Crippen LogP contribution in [0.25, 0.3) is 0 Å². The Kier molecular flexibility index (Phi) is 9.24. The van der Waals surface area contributed by atoms with Gasteiger partial charge in [-0.1, -0.05) is 56.7 Å². The number of benzene rings is 2. The number of hydrogen-bond acceptors (Lipinski definition) is 7. The molecule has 2 aromatic rings. The predicted octanol–water partition coefficient (Wildman–Crippen LogP) is 7.48. The van der Waals surface area contributed by atoms with Crippen LogP contribution in [0, 0.1) is 28.6 Å². The van der Waals surface area contributed by atoms with Gasteiger partial charge >= 0.3 is 5.97 Å². The van der Waals surface area contributed by atoms with E-state index >= 15 is 0 Å². The Morgan fingerprint density at radius 1 is 0.932 bits per heavy atom. The van der Waals surface area contributed by atoms with Crippen LogP contribution in [0.2, 0.25) is 0 Å². The molecule has 0 aliphatic heterocycles. The molecule has 7 heteroatoms. The van der Waals surface area contributed by atoms with Crippen molar-refractivity contribution in [1.82, 2.24) is 0 Å². The molecule has 0 spiro atoms. The second kappa shape index (κ2) is 12.8. The molecular formula is C37H46O7. The van der Waals surface area contributed by atoms with Crippen LogP contribution in [0.3, 0.4) is 0 Å². The van der Waals surface area contributed by atoms with Crippen LogP contribution in [0.15, 0.2) is 54.1 Å². The second-order valence-electron chi connectivity index (χ2n) is 13.3. The zero-order valence-corrected chi connectivity index (χ0v) is 26.7. The summed E-state index contributed by atoms with van der Waals surface area (Å²) in [6, 6.07) is 11.7. The van der Waals surface area contributed by atoms with E-state index in [9.17, 15) is 19.5 Å². The molecule has 6 rings (SSSR count). The van der Waals surface area contributed by atoms with Crippen LogP contribution in [0.4, 0.5) is 0 Å². The van der Waals surface area contributed by atoms with Gasteiger partial charge in [0.15, 0.2) is 5.78 Å². The van der Waals surface area contributed by atoms with Gasteiger partial charge in [-0.2, -0.15) is 0 Å². The van der Waals surface area contributed by atoms with E-state index in [1.807, 2.05) is 19.1 Å². The topological polar surface area (TPSA) is 99.1 Å². The van der Waals surface area contributed by atoms with E-state index in [4.69, 9.17) is 14.2 Å². The van der Waals surface area contributed by atoms with Crippen LogP contribution in [-0.2, 0) is 14.3 Å². The zero-order chi connectivity index (χ0) is 31.6. The highest BCUT2D eigenvalue weighted by atomic mass is 16.5. The number of aromatic hydroxyl groups is 1. The average molecular weight is 603 g/mol. The molecule has 2 aromatic carbocycles. The summed E-state index contributed by atoms with van der Waals surface area (Å²) in [5.74, 6) is 2.67. The number of phenolic OH excluding ortho intramolecular Hbond substituents is 1. The van der Waals surface area contributed by atoms with Crippen molar-refractivity contribution < 1.29 is 33.7 Å². The van der Waals surface area contributed by atoms with Crippen molar-refractivity contribution in [2.75, 3.05) is 14.2 Å². The van der Waals surface area contributed by atoms with Crippen molar-refractivity contribution in [3.05, 3.63) is 65.2 Å². The first-order chi connectivity index (χ1) is 21.0. The fourth-order valence-corrected chi connectivity index (χ4v) is 8.76. The molecule has 0 bridgehead atoms. The summed E-state index contributed by atoms with van der Waals surface area (Å²) >= 11 is 0. The highest BCUT2D eigenvalue weighted by Gasteiger charge is 2.59. The Morgan fingerprint density at radius 3 is 2.36 bits per heavy atom. The smallest absolute Gasteiger partial charge is 0.305 e. The lowest BCUT2D eigenvalue weighted by Gasteiger charge is -2.57. The molecule has 0 saturated heterocycles. The van der Waals surface area contributed by atoms with E-state index in [1.165, 1.54) is 45.1 Å². The Balaban J connectivity index is 0.000000182. The minimum atomic E-state index is -0.294. The van der Waals surface area contributed by atoms with Crippen LogP contribution >= 0.6 is 0 Å². The third kappa shape index (κ3) is 5.78. The van der Waals surface area contributed by atoms with Gasteiger partial charge in [0.25, 0.3) is 0 Å². The molecule has 236 valence electrons. The lowest BCUT2D eigenvalue weighted by molar-refractivity contribution is -0.159. The normalized spacial score (nSPS) is 30.4. The fraction of sp³-hybridized carbons (Fsp3) is 0.541. The van der Waals surface area contributed by atoms with Crippen molar-refractivity contribution in [2.45, 2.75) is 84.7 Å². The molecule has 0 radical (unpaired) electrons. The van der Waals surface area contributed by atoms with E-state index in [0.717, 1.165) is 38.0 Å². The van der Waals surface area contributed by atoms with E-state index in [-0.39, 0.29) is 45.7 Å². The zero-order valence-electron chi connectivity index (χ0n) is 26.7. The largest absolute Gasteiger partial charge is 0.507 e. The standard InChI is InChI=1S/C22H32O3.C15H14O4/c1-4-20(24)25-19-8-7-17-16-6-5-14-13-15(23)9-11-21(14,2)18(16)10-12-22(17,19)3;1-18-11-8-12(16)14(13(9-11)19-2)15(17)10-6-4-3-5-7-10/h13,16-19H,4-12H2,1-3H3;3-9,16H,1-2H3. The van der Waals surface area contributed by atoms with Gasteiger partial charge in [0, 0.05) is 36.0 Å². The number of carbonyl (C=O) groups is 3. The molecule has 7 nitrogen and oxygen atoms in total. The molecule has 4 aliphatic carbocycles. The van der Waals surface area contributed by atoms with Crippen LogP contribution in [0.5, 0.6) is 17.2 Å². The molecule has 0 heterocycles. The third-order valence-corrected chi connectivity index (χ3v) is 11.2. The second-order valence-corrected chi connectivity index (χ2v) is 13.3. The monoisotopic (exact) mass is 602 g/mol. The number of allylic oxidation sites excluding steroid dienone is 1. The maximum Gasteiger partial charge on any atom is 0.305 e. The molecule has 4 aliphatic rings. The number of fused-ring (bicyclic) bond motifs is 5. The molecular weight excluding hydrogens is 556 g/mol. The summed E-state index contributed by atoms with van der Waals surface area (Å²) in [4.78, 5) is 36.1. The molecule has 6 atom stereocenters. The Morgan fingerprint density at radius 2 is 1.68 bits per heavy atom. The number of phenols is 1. The Labute approximate surface area is 261 Å². The Bertz CT molecular complexity index is 1430. The maximum atomic E-state index is 12.4.